The number of nitrogens with one attached hydrogen (secondary N) is 1. The molecule has 1 rings (SSSR count). The fourth-order valence-corrected chi connectivity index (χ4v) is 1.25. The molecule has 0 aliphatic rings. The van der Waals surface area contributed by atoms with Crippen molar-refractivity contribution in [2.75, 3.05) is 0 Å². The third kappa shape index (κ3) is 2.23. The summed E-state index contributed by atoms with van der Waals surface area (Å²) in [4.78, 5) is 24.6. The van der Waals surface area contributed by atoms with Crippen LogP contribution in [0, 0.1) is 11.3 Å². The van der Waals surface area contributed by atoms with Crippen LogP contribution in [0.3, 0.4) is 0 Å². The molecule has 1 atom stereocenters. The van der Waals surface area contributed by atoms with Gasteiger partial charge in [-0.05, 0) is 13.3 Å². The predicted octanol–water partition coefficient (Wildman–Crippen LogP) is 0.545. The first kappa shape index (κ1) is 11.0. The lowest BCUT2D eigenvalue weighted by atomic mass is 10.2. The molecule has 1 unspecified atom stereocenters. The minimum absolute atomic E-state index is 0.0643. The average Bonchev–Trinajstić information content (AvgIpc) is 2.18. The highest BCUT2D eigenvalue weighted by Crippen LogP contribution is 2.06. The summed E-state index contributed by atoms with van der Waals surface area (Å²) < 4.78 is 1.32. The number of aromatic nitrogens is 2. The van der Waals surface area contributed by atoms with E-state index < -0.39 is 11.2 Å². The van der Waals surface area contributed by atoms with Crippen LogP contribution in [0.25, 0.3) is 0 Å². The van der Waals surface area contributed by atoms with Gasteiger partial charge in [0, 0.05) is 12.2 Å². The summed E-state index contributed by atoms with van der Waals surface area (Å²) in [6, 6.07) is 1.60. The molecule has 5 nitrogen and oxygen atoms in total. The zero-order chi connectivity index (χ0) is 11.4. The summed E-state index contributed by atoms with van der Waals surface area (Å²) in [5, 5.41) is 8.64. The van der Waals surface area contributed by atoms with Crippen molar-refractivity contribution < 1.29 is 0 Å². The number of rotatable bonds is 3. The van der Waals surface area contributed by atoms with Crippen molar-refractivity contribution in [3.8, 4) is 6.07 Å². The Balaban J connectivity index is 3.32. The first-order chi connectivity index (χ1) is 7.10. The van der Waals surface area contributed by atoms with E-state index >= 15 is 0 Å². The van der Waals surface area contributed by atoms with E-state index in [2.05, 4.69) is 11.6 Å². The van der Waals surface area contributed by atoms with Gasteiger partial charge in [-0.25, -0.2) is 4.79 Å². The van der Waals surface area contributed by atoms with Crippen LogP contribution in [-0.2, 0) is 0 Å². The van der Waals surface area contributed by atoms with Crippen molar-refractivity contribution in [2.45, 2.75) is 19.4 Å². The Morgan fingerprint density at radius 1 is 1.73 bits per heavy atom. The fourth-order valence-electron chi connectivity index (χ4n) is 1.25. The smallest absolute Gasteiger partial charge is 0.296 e. The van der Waals surface area contributed by atoms with Gasteiger partial charge in [0.2, 0.25) is 0 Å². The van der Waals surface area contributed by atoms with Gasteiger partial charge in [-0.1, -0.05) is 6.08 Å². The van der Waals surface area contributed by atoms with Crippen LogP contribution in [-0.4, -0.2) is 9.55 Å². The molecule has 0 radical (unpaired) electrons. The fraction of sp³-hybridized carbons (Fsp3) is 0.300. The highest BCUT2D eigenvalue weighted by Gasteiger charge is 2.08. The second kappa shape index (κ2) is 4.42. The third-order valence-corrected chi connectivity index (χ3v) is 2.07. The summed E-state index contributed by atoms with van der Waals surface area (Å²) in [6.45, 7) is 5.37. The molecule has 0 aromatic carbocycles. The van der Waals surface area contributed by atoms with Crippen LogP contribution in [0.15, 0.2) is 28.4 Å². The number of nitriles is 1. The van der Waals surface area contributed by atoms with E-state index in [1.54, 1.807) is 12.1 Å². The van der Waals surface area contributed by atoms with E-state index in [4.69, 9.17) is 5.26 Å². The lowest BCUT2D eigenvalue weighted by Gasteiger charge is -2.11. The summed E-state index contributed by atoms with van der Waals surface area (Å²) in [5.41, 5.74) is -1.22. The monoisotopic (exact) mass is 205 g/mol. The Labute approximate surface area is 86.3 Å². The minimum Gasteiger partial charge on any atom is -0.296 e. The van der Waals surface area contributed by atoms with Crippen molar-refractivity contribution in [3.63, 3.8) is 0 Å². The molecule has 15 heavy (non-hydrogen) atoms. The first-order valence-electron chi connectivity index (χ1n) is 4.46. The minimum atomic E-state index is -0.649. The largest absolute Gasteiger partial charge is 0.328 e. The van der Waals surface area contributed by atoms with E-state index in [1.807, 2.05) is 6.92 Å². The number of hydrogen-bond donors (Lipinski definition) is 1. The molecular weight excluding hydrogens is 194 g/mol. The zero-order valence-corrected chi connectivity index (χ0v) is 8.36. The Hall–Kier alpha value is -2.09. The van der Waals surface area contributed by atoms with Gasteiger partial charge < -0.3 is 0 Å². The van der Waals surface area contributed by atoms with E-state index in [1.165, 1.54) is 10.8 Å². The quantitative estimate of drug-likeness (QED) is 0.731. The number of nitrogens with zero attached hydrogens (tertiary/aromatic N) is 2. The van der Waals surface area contributed by atoms with Gasteiger partial charge in [-0.15, -0.1) is 6.58 Å². The zero-order valence-electron chi connectivity index (χ0n) is 8.36. The van der Waals surface area contributed by atoms with Crippen molar-refractivity contribution in [2.24, 2.45) is 0 Å². The van der Waals surface area contributed by atoms with Gasteiger partial charge in [0.1, 0.15) is 11.6 Å². The van der Waals surface area contributed by atoms with Crippen molar-refractivity contribution >= 4 is 0 Å². The normalized spacial score (nSPS) is 11.7. The SMILES string of the molecule is C=CCC(C)n1cc(C#N)c(=O)[nH]c1=O. The number of aromatic amines is 1. The summed E-state index contributed by atoms with van der Waals surface area (Å²) in [5.74, 6) is 0. The second-order valence-corrected chi connectivity index (χ2v) is 3.19. The molecular formula is C10H11N3O2. The van der Waals surface area contributed by atoms with Crippen LogP contribution in [0.1, 0.15) is 24.9 Å². The molecule has 5 heteroatoms. The van der Waals surface area contributed by atoms with E-state index in [9.17, 15) is 9.59 Å². The highest BCUT2D eigenvalue weighted by molar-refractivity contribution is 5.21. The van der Waals surface area contributed by atoms with Gasteiger partial charge in [0.25, 0.3) is 5.56 Å². The van der Waals surface area contributed by atoms with Crippen LogP contribution < -0.4 is 11.2 Å². The molecule has 1 N–H and O–H groups in total. The summed E-state index contributed by atoms with van der Waals surface area (Å²) >= 11 is 0. The maximum absolute atomic E-state index is 11.4. The van der Waals surface area contributed by atoms with E-state index in [-0.39, 0.29) is 11.6 Å². The number of H-pyrrole nitrogens is 1. The summed E-state index contributed by atoms with van der Waals surface area (Å²) in [6.07, 6.45) is 3.54. The molecule has 1 aromatic rings. The van der Waals surface area contributed by atoms with E-state index in [0.717, 1.165) is 0 Å². The Morgan fingerprint density at radius 3 is 2.93 bits per heavy atom. The van der Waals surface area contributed by atoms with Gasteiger partial charge in [0.05, 0.1) is 0 Å². The van der Waals surface area contributed by atoms with Crippen LogP contribution in [0.2, 0.25) is 0 Å². The maximum Gasteiger partial charge on any atom is 0.328 e. The van der Waals surface area contributed by atoms with Crippen LogP contribution in [0.5, 0.6) is 0 Å². The molecule has 0 saturated carbocycles. The molecule has 1 aromatic heterocycles. The lowest BCUT2D eigenvalue weighted by Crippen LogP contribution is -2.32. The van der Waals surface area contributed by atoms with Crippen LogP contribution >= 0.6 is 0 Å². The third-order valence-electron chi connectivity index (χ3n) is 2.07. The lowest BCUT2D eigenvalue weighted by molar-refractivity contribution is 0.522. The molecule has 0 aliphatic carbocycles. The van der Waals surface area contributed by atoms with Gasteiger partial charge >= 0.3 is 5.69 Å². The molecule has 0 spiro atoms. The molecule has 0 fully saturated rings. The summed E-state index contributed by atoms with van der Waals surface area (Å²) in [7, 11) is 0. The molecule has 0 amide bonds. The number of hydrogen-bond acceptors (Lipinski definition) is 3. The topological polar surface area (TPSA) is 78.7 Å². The van der Waals surface area contributed by atoms with E-state index in [0.29, 0.717) is 6.42 Å². The van der Waals surface area contributed by atoms with Gasteiger partial charge in [-0.3, -0.25) is 14.3 Å². The van der Waals surface area contributed by atoms with Crippen LogP contribution in [0.4, 0.5) is 0 Å². The first-order valence-corrected chi connectivity index (χ1v) is 4.46. The Bertz CT molecular complexity index is 519. The standard InChI is InChI=1S/C10H11N3O2/c1-3-4-7(2)13-6-8(5-11)9(14)12-10(13)15/h3,6-7H,1,4H2,2H3,(H,12,14,15). The molecule has 78 valence electrons. The van der Waals surface area contributed by atoms with Crippen molar-refractivity contribution in [1.82, 2.24) is 9.55 Å². The molecule has 0 saturated heterocycles. The number of allylic oxidation sites excluding steroid dienone is 1. The predicted molar refractivity (Wildman–Crippen MR) is 55.6 cm³/mol. The van der Waals surface area contributed by atoms with Crippen molar-refractivity contribution in [3.05, 3.63) is 45.3 Å². The molecule has 0 bridgehead atoms. The average molecular weight is 205 g/mol. The van der Waals surface area contributed by atoms with Gasteiger partial charge in [0.15, 0.2) is 0 Å². The maximum atomic E-state index is 11.4. The Morgan fingerprint density at radius 2 is 2.40 bits per heavy atom. The second-order valence-electron chi connectivity index (χ2n) is 3.19. The highest BCUT2D eigenvalue weighted by atomic mass is 16.2. The molecule has 1 heterocycles. The molecule has 0 aliphatic heterocycles. The van der Waals surface area contributed by atoms with Crippen molar-refractivity contribution in [1.29, 1.82) is 5.26 Å². The van der Waals surface area contributed by atoms with Gasteiger partial charge in [-0.2, -0.15) is 5.26 Å². The Kier molecular flexibility index (Phi) is 3.24.